The zero-order valence-electron chi connectivity index (χ0n) is 14.4. The van der Waals surface area contributed by atoms with Crippen LogP contribution in [0.1, 0.15) is 22.8 Å². The molecule has 2 aromatic heterocycles. The summed E-state index contributed by atoms with van der Waals surface area (Å²) in [6.45, 7) is 5.82. The van der Waals surface area contributed by atoms with Gasteiger partial charge in [0.15, 0.2) is 5.82 Å². The van der Waals surface area contributed by atoms with Gasteiger partial charge < -0.3 is 0 Å². The summed E-state index contributed by atoms with van der Waals surface area (Å²) in [6.07, 6.45) is 1.82. The average molecular weight is 330 g/mol. The largest absolute Gasteiger partial charge is 0.273 e. The van der Waals surface area contributed by atoms with E-state index in [1.807, 2.05) is 45.2 Å². The summed E-state index contributed by atoms with van der Waals surface area (Å²) in [7, 11) is 0. The molecule has 4 rings (SSSR count). The van der Waals surface area contributed by atoms with Gasteiger partial charge >= 0.3 is 0 Å². The predicted octanol–water partition coefficient (Wildman–Crippen LogP) is 3.42. The molecule has 6 heteroatoms. The summed E-state index contributed by atoms with van der Waals surface area (Å²) in [5, 5.41) is 19.8. The normalized spacial score (nSPS) is 11.6. The van der Waals surface area contributed by atoms with Crippen molar-refractivity contribution in [2.24, 2.45) is 5.10 Å². The van der Waals surface area contributed by atoms with Crippen LogP contribution in [0.4, 0.5) is 0 Å². The van der Waals surface area contributed by atoms with Crippen molar-refractivity contribution >= 4 is 17.0 Å². The van der Waals surface area contributed by atoms with E-state index in [9.17, 15) is 0 Å². The van der Waals surface area contributed by atoms with Crippen molar-refractivity contribution in [3.63, 3.8) is 0 Å². The van der Waals surface area contributed by atoms with Crippen LogP contribution in [0, 0.1) is 20.8 Å². The van der Waals surface area contributed by atoms with Gasteiger partial charge in [0.2, 0.25) is 0 Å². The molecule has 0 saturated carbocycles. The van der Waals surface area contributed by atoms with Crippen molar-refractivity contribution in [2.75, 3.05) is 0 Å². The van der Waals surface area contributed by atoms with E-state index in [0.29, 0.717) is 11.8 Å². The molecular weight excluding hydrogens is 312 g/mol. The number of hydrogen-bond acceptors (Lipinski definition) is 4. The Kier molecular flexibility index (Phi) is 3.65. The van der Waals surface area contributed by atoms with Crippen LogP contribution in [0.2, 0.25) is 0 Å². The van der Waals surface area contributed by atoms with E-state index < -0.39 is 0 Å². The standard InChI is InChI=1S/C19H18N6/c1-13-10-14(2)24(23-13)19-22-21-15(3)25(19)20-12-16-8-9-17-6-4-5-7-18(17)11-16/h4-12H,1-3H3/b20-12-. The van der Waals surface area contributed by atoms with Crippen LogP contribution < -0.4 is 0 Å². The second kappa shape index (κ2) is 5.98. The maximum absolute atomic E-state index is 4.58. The SMILES string of the molecule is Cc1cc(C)n(-c2nnc(C)n2/N=C\c2ccc3ccccc3c2)n1. The van der Waals surface area contributed by atoms with Crippen LogP contribution >= 0.6 is 0 Å². The first-order chi connectivity index (χ1) is 12.1. The Morgan fingerprint density at radius 2 is 1.72 bits per heavy atom. The lowest BCUT2D eigenvalue weighted by atomic mass is 10.1. The van der Waals surface area contributed by atoms with Gasteiger partial charge in [-0.3, -0.25) is 0 Å². The summed E-state index contributed by atoms with van der Waals surface area (Å²) >= 11 is 0. The Morgan fingerprint density at radius 1 is 0.920 bits per heavy atom. The van der Waals surface area contributed by atoms with Crippen LogP contribution in [-0.2, 0) is 0 Å². The zero-order valence-corrected chi connectivity index (χ0v) is 14.4. The highest BCUT2D eigenvalue weighted by atomic mass is 15.5. The van der Waals surface area contributed by atoms with Gasteiger partial charge in [0.1, 0.15) is 0 Å². The van der Waals surface area contributed by atoms with Gasteiger partial charge in [-0.2, -0.15) is 14.9 Å². The second-order valence-electron chi connectivity index (χ2n) is 6.05. The van der Waals surface area contributed by atoms with Crippen LogP contribution in [0.3, 0.4) is 0 Å². The minimum atomic E-state index is 0.583. The molecule has 0 aliphatic heterocycles. The van der Waals surface area contributed by atoms with Crippen molar-refractivity contribution in [1.82, 2.24) is 24.7 Å². The van der Waals surface area contributed by atoms with E-state index in [-0.39, 0.29) is 0 Å². The smallest absolute Gasteiger partial charge is 0.202 e. The molecule has 0 N–H and O–H groups in total. The summed E-state index contributed by atoms with van der Waals surface area (Å²) in [5.74, 6) is 1.29. The van der Waals surface area contributed by atoms with Crippen molar-refractivity contribution in [3.8, 4) is 5.95 Å². The van der Waals surface area contributed by atoms with Crippen molar-refractivity contribution < 1.29 is 0 Å². The highest BCUT2D eigenvalue weighted by molar-refractivity contribution is 5.90. The Hall–Kier alpha value is -3.28. The molecule has 0 atom stereocenters. The molecule has 0 fully saturated rings. The highest BCUT2D eigenvalue weighted by Crippen LogP contribution is 2.15. The molecule has 0 aliphatic rings. The molecule has 25 heavy (non-hydrogen) atoms. The van der Waals surface area contributed by atoms with Crippen LogP contribution in [0.5, 0.6) is 0 Å². The molecule has 0 radical (unpaired) electrons. The second-order valence-corrected chi connectivity index (χ2v) is 6.05. The first-order valence-electron chi connectivity index (χ1n) is 8.10. The minimum absolute atomic E-state index is 0.583. The van der Waals surface area contributed by atoms with E-state index in [0.717, 1.165) is 17.0 Å². The molecule has 2 aromatic carbocycles. The Morgan fingerprint density at radius 3 is 2.48 bits per heavy atom. The molecule has 4 aromatic rings. The molecule has 0 spiro atoms. The molecule has 6 nitrogen and oxygen atoms in total. The van der Waals surface area contributed by atoms with Crippen LogP contribution in [-0.4, -0.2) is 30.9 Å². The van der Waals surface area contributed by atoms with Gasteiger partial charge in [0.25, 0.3) is 5.95 Å². The van der Waals surface area contributed by atoms with Gasteiger partial charge in [0, 0.05) is 5.69 Å². The predicted molar refractivity (Wildman–Crippen MR) is 98.3 cm³/mol. The summed E-state index contributed by atoms with van der Waals surface area (Å²) < 4.78 is 3.46. The quantitative estimate of drug-likeness (QED) is 0.541. The first-order valence-corrected chi connectivity index (χ1v) is 8.10. The molecule has 0 saturated heterocycles. The number of hydrogen-bond donors (Lipinski definition) is 0. The van der Waals surface area contributed by atoms with E-state index in [2.05, 4.69) is 50.7 Å². The molecule has 0 amide bonds. The number of fused-ring (bicyclic) bond motifs is 1. The monoisotopic (exact) mass is 330 g/mol. The van der Waals surface area contributed by atoms with Gasteiger partial charge in [-0.25, -0.2) is 4.68 Å². The lowest BCUT2D eigenvalue weighted by Crippen LogP contribution is -2.07. The zero-order chi connectivity index (χ0) is 17.4. The molecule has 124 valence electrons. The topological polar surface area (TPSA) is 60.9 Å². The van der Waals surface area contributed by atoms with E-state index >= 15 is 0 Å². The maximum Gasteiger partial charge on any atom is 0.273 e. The molecule has 0 unspecified atom stereocenters. The van der Waals surface area contributed by atoms with Crippen molar-refractivity contribution in [1.29, 1.82) is 0 Å². The third-order valence-corrected chi connectivity index (χ3v) is 4.07. The van der Waals surface area contributed by atoms with Crippen molar-refractivity contribution in [2.45, 2.75) is 20.8 Å². The first kappa shape index (κ1) is 15.3. The van der Waals surface area contributed by atoms with Crippen LogP contribution in [0.25, 0.3) is 16.7 Å². The van der Waals surface area contributed by atoms with E-state index in [1.165, 1.54) is 10.8 Å². The number of aromatic nitrogens is 5. The number of nitrogens with zero attached hydrogens (tertiary/aromatic N) is 6. The number of rotatable bonds is 3. The lowest BCUT2D eigenvalue weighted by Gasteiger charge is -2.04. The van der Waals surface area contributed by atoms with E-state index in [1.54, 1.807) is 9.36 Å². The molecule has 0 aliphatic carbocycles. The number of benzene rings is 2. The fraction of sp³-hybridized carbons (Fsp3) is 0.158. The van der Waals surface area contributed by atoms with Gasteiger partial charge in [0.05, 0.1) is 11.9 Å². The lowest BCUT2D eigenvalue weighted by molar-refractivity contribution is 0.708. The molecular formula is C19H18N6. The van der Waals surface area contributed by atoms with Crippen LogP contribution in [0.15, 0.2) is 53.6 Å². The Balaban J connectivity index is 1.73. The Bertz CT molecular complexity index is 1090. The fourth-order valence-electron chi connectivity index (χ4n) is 2.86. The third-order valence-electron chi connectivity index (χ3n) is 4.07. The van der Waals surface area contributed by atoms with E-state index in [4.69, 9.17) is 0 Å². The third kappa shape index (κ3) is 2.82. The van der Waals surface area contributed by atoms with Gasteiger partial charge in [-0.05, 0) is 49.2 Å². The maximum atomic E-state index is 4.58. The summed E-state index contributed by atoms with van der Waals surface area (Å²) in [4.78, 5) is 0. The average Bonchev–Trinajstić information content (AvgIpc) is 3.14. The van der Waals surface area contributed by atoms with Gasteiger partial charge in [-0.15, -0.1) is 10.2 Å². The minimum Gasteiger partial charge on any atom is -0.202 e. The fourth-order valence-corrected chi connectivity index (χ4v) is 2.86. The number of aryl methyl sites for hydroxylation is 3. The molecule has 0 bridgehead atoms. The Labute approximate surface area is 145 Å². The van der Waals surface area contributed by atoms with Crippen molar-refractivity contribution in [3.05, 3.63) is 71.3 Å². The highest BCUT2D eigenvalue weighted by Gasteiger charge is 2.13. The molecule has 2 heterocycles. The summed E-state index contributed by atoms with van der Waals surface area (Å²) in [6, 6.07) is 16.5. The summed E-state index contributed by atoms with van der Waals surface area (Å²) in [5.41, 5.74) is 2.95. The van der Waals surface area contributed by atoms with Gasteiger partial charge in [-0.1, -0.05) is 36.4 Å².